The summed E-state index contributed by atoms with van der Waals surface area (Å²) in [5, 5.41) is 3.36. The smallest absolute Gasteiger partial charge is 0.327 e. The van der Waals surface area contributed by atoms with Crippen molar-refractivity contribution in [2.45, 2.75) is 38.4 Å². The third-order valence-corrected chi connectivity index (χ3v) is 6.48. The second-order valence-corrected chi connectivity index (χ2v) is 9.03. The molecular weight excluding hydrogens is 409 g/mol. The maximum Gasteiger partial charge on any atom is 0.327 e. The lowest BCUT2D eigenvalue weighted by Crippen LogP contribution is -2.34. The van der Waals surface area contributed by atoms with Gasteiger partial charge in [0.05, 0.1) is 6.61 Å². The number of nitrogens with zero attached hydrogens (tertiary/aromatic N) is 2. The second kappa shape index (κ2) is 9.00. The van der Waals surface area contributed by atoms with Crippen LogP contribution in [0.4, 0.5) is 9.18 Å². The molecule has 2 heterocycles. The molecule has 2 aromatic rings. The summed E-state index contributed by atoms with van der Waals surface area (Å²) in [5.74, 6) is 0.171. The van der Waals surface area contributed by atoms with E-state index in [4.69, 9.17) is 4.74 Å². The Kier molecular flexibility index (Phi) is 5.93. The van der Waals surface area contributed by atoms with Crippen LogP contribution in [0, 0.1) is 11.7 Å². The van der Waals surface area contributed by atoms with E-state index in [1.807, 2.05) is 30.3 Å². The van der Waals surface area contributed by atoms with E-state index in [9.17, 15) is 14.0 Å². The van der Waals surface area contributed by atoms with Gasteiger partial charge in [0.2, 0.25) is 5.91 Å². The van der Waals surface area contributed by atoms with Crippen LogP contribution in [0.1, 0.15) is 30.4 Å². The summed E-state index contributed by atoms with van der Waals surface area (Å²) in [7, 11) is 0. The number of hydrogen-bond acceptors (Lipinski definition) is 4. The summed E-state index contributed by atoms with van der Waals surface area (Å²) in [6.45, 7) is 3.01. The van der Waals surface area contributed by atoms with Crippen LogP contribution < -0.4 is 5.32 Å². The number of urea groups is 1. The molecular formula is C25H28FN3O3. The summed E-state index contributed by atoms with van der Waals surface area (Å²) < 4.78 is 19.7. The van der Waals surface area contributed by atoms with Gasteiger partial charge >= 0.3 is 6.03 Å². The number of carbonyl (C=O) groups is 2. The van der Waals surface area contributed by atoms with Gasteiger partial charge in [-0.1, -0.05) is 30.3 Å². The molecule has 1 N–H and O–H groups in total. The highest BCUT2D eigenvalue weighted by atomic mass is 19.1. The normalized spacial score (nSPS) is 21.1. The average Bonchev–Trinajstić information content (AvgIpc) is 3.40. The van der Waals surface area contributed by atoms with E-state index in [1.54, 1.807) is 11.0 Å². The first-order valence-corrected chi connectivity index (χ1v) is 11.3. The fourth-order valence-electron chi connectivity index (χ4n) is 4.32. The van der Waals surface area contributed by atoms with Gasteiger partial charge in [-0.15, -0.1) is 0 Å². The lowest BCUT2D eigenvalue weighted by Gasteiger charge is -2.17. The molecule has 168 valence electrons. The Morgan fingerprint density at radius 3 is 2.53 bits per heavy atom. The third-order valence-electron chi connectivity index (χ3n) is 6.48. The number of benzene rings is 2. The van der Waals surface area contributed by atoms with E-state index in [0.29, 0.717) is 37.7 Å². The number of amides is 3. The minimum atomic E-state index is -0.218. The zero-order valence-corrected chi connectivity index (χ0v) is 18.1. The van der Waals surface area contributed by atoms with Gasteiger partial charge in [0, 0.05) is 37.8 Å². The summed E-state index contributed by atoms with van der Waals surface area (Å²) in [4.78, 5) is 27.8. The number of ether oxygens (including phenoxy) is 1. The highest BCUT2D eigenvalue weighted by Crippen LogP contribution is 2.31. The minimum absolute atomic E-state index is 0.102. The van der Waals surface area contributed by atoms with E-state index in [1.165, 1.54) is 11.0 Å². The Bertz CT molecular complexity index is 1000. The maximum absolute atomic E-state index is 14.3. The van der Waals surface area contributed by atoms with E-state index < -0.39 is 0 Å². The molecule has 1 unspecified atom stereocenters. The van der Waals surface area contributed by atoms with Crippen molar-refractivity contribution in [1.29, 1.82) is 0 Å². The molecule has 3 fully saturated rings. The monoisotopic (exact) mass is 437 g/mol. The van der Waals surface area contributed by atoms with Gasteiger partial charge in [-0.3, -0.25) is 9.69 Å². The molecule has 2 aromatic carbocycles. The Labute approximate surface area is 187 Å². The van der Waals surface area contributed by atoms with Crippen LogP contribution in [0.5, 0.6) is 0 Å². The van der Waals surface area contributed by atoms with Gasteiger partial charge in [-0.2, -0.15) is 0 Å². The van der Waals surface area contributed by atoms with Crippen molar-refractivity contribution in [2.24, 2.45) is 5.92 Å². The van der Waals surface area contributed by atoms with Crippen molar-refractivity contribution < 1.29 is 18.7 Å². The molecule has 1 atom stereocenters. The molecule has 0 aromatic heterocycles. The van der Waals surface area contributed by atoms with Crippen LogP contribution in [-0.4, -0.2) is 54.1 Å². The van der Waals surface area contributed by atoms with E-state index in [-0.39, 0.29) is 30.3 Å². The molecule has 7 heteroatoms. The topological polar surface area (TPSA) is 61.9 Å². The van der Waals surface area contributed by atoms with Crippen LogP contribution >= 0.6 is 0 Å². The molecule has 32 heavy (non-hydrogen) atoms. The zero-order chi connectivity index (χ0) is 22.1. The van der Waals surface area contributed by atoms with Crippen molar-refractivity contribution in [3.63, 3.8) is 0 Å². The van der Waals surface area contributed by atoms with Gasteiger partial charge in [-0.25, -0.2) is 9.18 Å². The van der Waals surface area contributed by atoms with Crippen molar-refractivity contribution in [3.8, 4) is 11.1 Å². The quantitative estimate of drug-likeness (QED) is 0.642. The van der Waals surface area contributed by atoms with E-state index in [2.05, 4.69) is 5.32 Å². The summed E-state index contributed by atoms with van der Waals surface area (Å²) in [6, 6.07) is 13.2. The molecule has 0 spiro atoms. The number of hydrogen-bond donors (Lipinski definition) is 1. The summed E-state index contributed by atoms with van der Waals surface area (Å²) in [6.07, 6.45) is 3.16. The number of halogens is 1. The molecule has 3 amide bonds. The van der Waals surface area contributed by atoms with Gasteiger partial charge in [0.15, 0.2) is 0 Å². The summed E-state index contributed by atoms with van der Waals surface area (Å²) in [5.41, 5.74) is 3.53. The molecule has 0 bridgehead atoms. The molecule has 2 saturated heterocycles. The fourth-order valence-corrected chi connectivity index (χ4v) is 4.32. The Morgan fingerprint density at radius 2 is 1.81 bits per heavy atom. The highest BCUT2D eigenvalue weighted by Gasteiger charge is 2.39. The minimum Gasteiger partial charge on any atom is -0.380 e. The first kappa shape index (κ1) is 21.1. The summed E-state index contributed by atoms with van der Waals surface area (Å²) >= 11 is 0. The lowest BCUT2D eigenvalue weighted by atomic mass is 10.0. The third kappa shape index (κ3) is 4.69. The molecule has 1 aliphatic carbocycles. The zero-order valence-electron chi connectivity index (χ0n) is 18.1. The molecule has 3 aliphatic rings. The van der Waals surface area contributed by atoms with Crippen LogP contribution in [0.3, 0.4) is 0 Å². The maximum atomic E-state index is 14.3. The Balaban J connectivity index is 1.23. The molecule has 0 radical (unpaired) electrons. The second-order valence-electron chi connectivity index (χ2n) is 9.03. The standard InChI is InChI=1S/C25H28FN3O3/c26-23-8-7-20(11-21(23)12-27-22-9-10-32-16-22)19-5-3-17(4-6-19)13-28-15-24(30)29(25(28)31)14-18-1-2-18/h3-8,11,18,22,27H,1-2,9-10,12-16H2. The number of carbonyl (C=O) groups excluding carboxylic acids is 2. The average molecular weight is 438 g/mol. The predicted octanol–water partition coefficient (Wildman–Crippen LogP) is 3.55. The van der Waals surface area contributed by atoms with E-state index in [0.717, 1.165) is 42.6 Å². The van der Waals surface area contributed by atoms with Gasteiger partial charge in [0.25, 0.3) is 0 Å². The van der Waals surface area contributed by atoms with Crippen molar-refractivity contribution in [3.05, 3.63) is 59.4 Å². The molecule has 6 nitrogen and oxygen atoms in total. The first-order chi connectivity index (χ1) is 15.6. The number of nitrogens with one attached hydrogen (secondary N) is 1. The predicted molar refractivity (Wildman–Crippen MR) is 118 cm³/mol. The number of imide groups is 1. The van der Waals surface area contributed by atoms with Gasteiger partial charge in [0.1, 0.15) is 12.4 Å². The van der Waals surface area contributed by atoms with Gasteiger partial charge < -0.3 is 15.0 Å². The highest BCUT2D eigenvalue weighted by molar-refractivity contribution is 6.02. The SMILES string of the molecule is O=C1CN(Cc2ccc(-c3ccc(F)c(CNC4CCOC4)c3)cc2)C(=O)N1CC1CC1. The molecule has 1 saturated carbocycles. The van der Waals surface area contributed by atoms with Crippen molar-refractivity contribution >= 4 is 11.9 Å². The van der Waals surface area contributed by atoms with Crippen molar-refractivity contribution in [1.82, 2.24) is 15.1 Å². The largest absolute Gasteiger partial charge is 0.380 e. The van der Waals surface area contributed by atoms with Crippen LogP contribution in [0.25, 0.3) is 11.1 Å². The van der Waals surface area contributed by atoms with Crippen LogP contribution in [0.15, 0.2) is 42.5 Å². The first-order valence-electron chi connectivity index (χ1n) is 11.3. The van der Waals surface area contributed by atoms with Crippen LogP contribution in [-0.2, 0) is 22.6 Å². The molecule has 2 aliphatic heterocycles. The number of rotatable bonds is 8. The van der Waals surface area contributed by atoms with Crippen LogP contribution in [0.2, 0.25) is 0 Å². The van der Waals surface area contributed by atoms with Crippen molar-refractivity contribution in [2.75, 3.05) is 26.3 Å². The Morgan fingerprint density at radius 1 is 1.03 bits per heavy atom. The molecule has 5 rings (SSSR count). The van der Waals surface area contributed by atoms with E-state index >= 15 is 0 Å². The van der Waals surface area contributed by atoms with Gasteiger partial charge in [-0.05, 0) is 54.0 Å². The lowest BCUT2D eigenvalue weighted by molar-refractivity contribution is -0.125. The fraction of sp³-hybridized carbons (Fsp3) is 0.440. The Hall–Kier alpha value is -2.77.